The summed E-state index contributed by atoms with van der Waals surface area (Å²) in [6.45, 7) is 2.41. The van der Waals surface area contributed by atoms with Crippen LogP contribution < -0.4 is 10.0 Å². The fourth-order valence-corrected chi connectivity index (χ4v) is 2.69. The lowest BCUT2D eigenvalue weighted by Crippen LogP contribution is -2.50. The van der Waals surface area contributed by atoms with E-state index in [1.807, 2.05) is 6.92 Å². The number of nitrogens with two attached hydrogens (primary N) is 1. The molecule has 1 heterocycles. The quantitative estimate of drug-likeness (QED) is 0.823. The molecule has 6 nitrogen and oxygen atoms in total. The average molecular weight is 304 g/mol. The Kier molecular flexibility index (Phi) is 4.28. The van der Waals surface area contributed by atoms with E-state index in [0.717, 1.165) is 6.07 Å². The van der Waals surface area contributed by atoms with Gasteiger partial charge < -0.3 is 14.7 Å². The molecule has 20 heavy (non-hydrogen) atoms. The molecule has 8 heteroatoms. The van der Waals surface area contributed by atoms with E-state index in [0.29, 0.717) is 13.2 Å². The van der Waals surface area contributed by atoms with Gasteiger partial charge in [-0.2, -0.15) is 0 Å². The Labute approximate surface area is 117 Å². The van der Waals surface area contributed by atoms with Gasteiger partial charge in [0.25, 0.3) is 0 Å². The highest BCUT2D eigenvalue weighted by molar-refractivity contribution is 7.89. The van der Waals surface area contributed by atoms with Crippen LogP contribution in [0.1, 0.15) is 6.92 Å². The Bertz CT molecular complexity index is 593. The molecule has 1 aromatic rings. The van der Waals surface area contributed by atoms with Crippen LogP contribution >= 0.6 is 0 Å². The summed E-state index contributed by atoms with van der Waals surface area (Å²) >= 11 is 0. The number of primary sulfonamides is 1. The van der Waals surface area contributed by atoms with Gasteiger partial charge in [0.15, 0.2) is 0 Å². The lowest BCUT2D eigenvalue weighted by atomic mass is 10.1. The SMILES string of the molecule is CC1COC(CO)CN1c1ccc(S(N)(=O)=O)cc1F. The van der Waals surface area contributed by atoms with Gasteiger partial charge in [0.1, 0.15) is 5.82 Å². The van der Waals surface area contributed by atoms with E-state index in [9.17, 15) is 12.8 Å². The number of hydrogen-bond donors (Lipinski definition) is 2. The van der Waals surface area contributed by atoms with Gasteiger partial charge in [-0.3, -0.25) is 0 Å². The summed E-state index contributed by atoms with van der Waals surface area (Å²) in [5.41, 5.74) is 0.270. The van der Waals surface area contributed by atoms with Gasteiger partial charge in [-0.05, 0) is 25.1 Å². The molecule has 3 N–H and O–H groups in total. The standard InChI is InChI=1S/C12H17FN2O4S/c1-8-7-19-9(6-16)5-15(8)12-3-2-10(4-11(12)13)20(14,17)18/h2-4,8-9,16H,5-7H2,1H3,(H2,14,17,18). The van der Waals surface area contributed by atoms with Gasteiger partial charge in [0.2, 0.25) is 10.0 Å². The van der Waals surface area contributed by atoms with E-state index >= 15 is 0 Å². The van der Waals surface area contributed by atoms with Crippen molar-refractivity contribution in [3.8, 4) is 0 Å². The Hall–Kier alpha value is -1.22. The van der Waals surface area contributed by atoms with Crippen LogP contribution in [0.3, 0.4) is 0 Å². The van der Waals surface area contributed by atoms with E-state index in [1.165, 1.54) is 12.1 Å². The van der Waals surface area contributed by atoms with Gasteiger partial charge in [-0.25, -0.2) is 17.9 Å². The number of nitrogens with zero attached hydrogens (tertiary/aromatic N) is 1. The highest BCUT2D eigenvalue weighted by Crippen LogP contribution is 2.26. The number of aliphatic hydroxyl groups excluding tert-OH is 1. The molecule has 1 aromatic carbocycles. The van der Waals surface area contributed by atoms with Crippen LogP contribution in [0, 0.1) is 5.82 Å². The zero-order valence-electron chi connectivity index (χ0n) is 11.0. The predicted molar refractivity (Wildman–Crippen MR) is 71.4 cm³/mol. The summed E-state index contributed by atoms with van der Waals surface area (Å²) in [7, 11) is -3.92. The molecule has 0 aromatic heterocycles. The molecule has 2 atom stereocenters. The zero-order chi connectivity index (χ0) is 14.9. The molecule has 2 rings (SSSR count). The normalized spacial score (nSPS) is 23.9. The first-order valence-corrected chi connectivity index (χ1v) is 7.69. The number of ether oxygens (including phenoxy) is 1. The zero-order valence-corrected chi connectivity index (χ0v) is 11.8. The van der Waals surface area contributed by atoms with Crippen LogP contribution in [0.25, 0.3) is 0 Å². The van der Waals surface area contributed by atoms with Crippen LogP contribution in [-0.4, -0.2) is 45.4 Å². The molecule has 1 aliphatic rings. The highest BCUT2D eigenvalue weighted by atomic mass is 32.2. The molecule has 0 spiro atoms. The summed E-state index contributed by atoms with van der Waals surface area (Å²) in [6, 6.07) is 3.48. The van der Waals surface area contributed by atoms with E-state index in [-0.39, 0.29) is 29.3 Å². The lowest BCUT2D eigenvalue weighted by molar-refractivity contribution is -0.0105. The fourth-order valence-electron chi connectivity index (χ4n) is 2.16. The highest BCUT2D eigenvalue weighted by Gasteiger charge is 2.28. The topological polar surface area (TPSA) is 92.9 Å². The van der Waals surface area contributed by atoms with Crippen LogP contribution in [0.4, 0.5) is 10.1 Å². The maximum absolute atomic E-state index is 14.1. The fraction of sp³-hybridized carbons (Fsp3) is 0.500. The van der Waals surface area contributed by atoms with Crippen molar-refractivity contribution in [2.45, 2.75) is 24.0 Å². The largest absolute Gasteiger partial charge is 0.394 e. The molecule has 0 amide bonds. The second-order valence-electron chi connectivity index (χ2n) is 4.80. The third kappa shape index (κ3) is 3.09. The van der Waals surface area contributed by atoms with E-state index in [2.05, 4.69) is 0 Å². The van der Waals surface area contributed by atoms with Crippen molar-refractivity contribution >= 4 is 15.7 Å². The van der Waals surface area contributed by atoms with Crippen molar-refractivity contribution in [3.05, 3.63) is 24.0 Å². The summed E-state index contributed by atoms with van der Waals surface area (Å²) < 4.78 is 41.8. The smallest absolute Gasteiger partial charge is 0.238 e. The van der Waals surface area contributed by atoms with Crippen molar-refractivity contribution < 1.29 is 22.7 Å². The van der Waals surface area contributed by atoms with Crippen molar-refractivity contribution in [3.63, 3.8) is 0 Å². The van der Waals surface area contributed by atoms with Crippen LogP contribution in [-0.2, 0) is 14.8 Å². The van der Waals surface area contributed by atoms with Crippen molar-refractivity contribution in [1.29, 1.82) is 0 Å². The number of rotatable bonds is 3. The first-order valence-electron chi connectivity index (χ1n) is 6.14. The molecule has 1 fully saturated rings. The van der Waals surface area contributed by atoms with Crippen molar-refractivity contribution in [2.75, 3.05) is 24.7 Å². The number of aliphatic hydroxyl groups is 1. The summed E-state index contributed by atoms with van der Waals surface area (Å²) in [4.78, 5) is 1.48. The van der Waals surface area contributed by atoms with Gasteiger partial charge >= 0.3 is 0 Å². The molecule has 0 bridgehead atoms. The second kappa shape index (κ2) is 5.65. The third-order valence-electron chi connectivity index (χ3n) is 3.27. The first kappa shape index (κ1) is 15.2. The third-order valence-corrected chi connectivity index (χ3v) is 4.18. The summed E-state index contributed by atoms with van der Waals surface area (Å²) in [5, 5.41) is 14.1. The van der Waals surface area contributed by atoms with Crippen molar-refractivity contribution in [1.82, 2.24) is 0 Å². The van der Waals surface area contributed by atoms with E-state index in [1.54, 1.807) is 4.90 Å². The Morgan fingerprint density at radius 3 is 2.80 bits per heavy atom. The van der Waals surface area contributed by atoms with Crippen LogP contribution in [0.2, 0.25) is 0 Å². The maximum Gasteiger partial charge on any atom is 0.238 e. The van der Waals surface area contributed by atoms with Gasteiger partial charge in [0, 0.05) is 12.6 Å². The van der Waals surface area contributed by atoms with Gasteiger partial charge in [-0.15, -0.1) is 0 Å². The average Bonchev–Trinajstić information content (AvgIpc) is 2.38. The number of morpholine rings is 1. The number of halogens is 1. The minimum atomic E-state index is -3.92. The molecule has 1 saturated heterocycles. The Morgan fingerprint density at radius 1 is 1.55 bits per heavy atom. The summed E-state index contributed by atoms with van der Waals surface area (Å²) in [5.74, 6) is -0.665. The second-order valence-corrected chi connectivity index (χ2v) is 6.36. The molecular weight excluding hydrogens is 287 g/mol. The van der Waals surface area contributed by atoms with E-state index < -0.39 is 15.8 Å². The number of hydrogen-bond acceptors (Lipinski definition) is 5. The summed E-state index contributed by atoms with van der Waals surface area (Å²) in [6.07, 6.45) is -0.386. The minimum Gasteiger partial charge on any atom is -0.394 e. The van der Waals surface area contributed by atoms with Gasteiger partial charge in [0.05, 0.1) is 29.9 Å². The maximum atomic E-state index is 14.1. The Balaban J connectivity index is 2.32. The van der Waals surface area contributed by atoms with Crippen LogP contribution in [0.15, 0.2) is 23.1 Å². The number of sulfonamides is 1. The molecule has 112 valence electrons. The van der Waals surface area contributed by atoms with Crippen molar-refractivity contribution in [2.24, 2.45) is 5.14 Å². The number of anilines is 1. The predicted octanol–water partition coefficient (Wildman–Crippen LogP) is 0.0591. The van der Waals surface area contributed by atoms with E-state index in [4.69, 9.17) is 15.0 Å². The molecule has 2 unspecified atom stereocenters. The van der Waals surface area contributed by atoms with Crippen LogP contribution in [0.5, 0.6) is 0 Å². The lowest BCUT2D eigenvalue weighted by Gasteiger charge is -2.39. The molecule has 0 saturated carbocycles. The monoisotopic (exact) mass is 304 g/mol. The minimum absolute atomic E-state index is 0.0763. The first-order chi connectivity index (χ1) is 9.32. The Morgan fingerprint density at radius 2 is 2.25 bits per heavy atom. The molecule has 1 aliphatic heterocycles. The molecular formula is C12H17FN2O4S. The van der Waals surface area contributed by atoms with Gasteiger partial charge in [-0.1, -0.05) is 0 Å². The molecule has 0 aliphatic carbocycles. The number of benzene rings is 1. The molecule has 0 radical (unpaired) electrons.